The predicted molar refractivity (Wildman–Crippen MR) is 60.8 cm³/mol. The highest BCUT2D eigenvalue weighted by Crippen LogP contribution is 2.14. The van der Waals surface area contributed by atoms with E-state index < -0.39 is 16.2 Å². The van der Waals surface area contributed by atoms with Crippen molar-refractivity contribution in [2.24, 2.45) is 0 Å². The van der Waals surface area contributed by atoms with E-state index in [1.807, 2.05) is 6.92 Å². The summed E-state index contributed by atoms with van der Waals surface area (Å²) in [6, 6.07) is 6.53. The number of benzene rings is 1. The Balaban J connectivity index is 2.82. The van der Waals surface area contributed by atoms with Crippen molar-refractivity contribution in [2.45, 2.75) is 24.8 Å². The van der Waals surface area contributed by atoms with Gasteiger partial charge in [-0.25, -0.2) is 0 Å². The maximum atomic E-state index is 11.8. The summed E-state index contributed by atoms with van der Waals surface area (Å²) in [6.45, 7) is 3.78. The molecule has 0 heterocycles. The average molecular weight is 244 g/mol. The second-order valence-electron chi connectivity index (χ2n) is 3.63. The predicted octanol–water partition coefficient (Wildman–Crippen LogP) is 1.74. The quantitative estimate of drug-likeness (QED) is 0.740. The third-order valence-corrected chi connectivity index (χ3v) is 3.43. The van der Waals surface area contributed by atoms with Crippen LogP contribution in [0.25, 0.3) is 0 Å². The molecule has 1 aromatic rings. The Morgan fingerprint density at radius 1 is 1.25 bits per heavy atom. The maximum absolute atomic E-state index is 11.8. The zero-order valence-corrected chi connectivity index (χ0v) is 10.5. The van der Waals surface area contributed by atoms with Crippen LogP contribution < -0.4 is 0 Å². The molecule has 0 radical (unpaired) electrons. The van der Waals surface area contributed by atoms with E-state index in [9.17, 15) is 8.42 Å². The molecule has 0 aliphatic carbocycles. The Morgan fingerprint density at radius 3 is 2.31 bits per heavy atom. The van der Waals surface area contributed by atoms with Crippen LogP contribution in [0, 0.1) is 6.92 Å². The Bertz CT molecular complexity index is 422. The van der Waals surface area contributed by atoms with Crippen LogP contribution in [0.3, 0.4) is 0 Å². The molecule has 0 amide bonds. The molecule has 16 heavy (non-hydrogen) atoms. The summed E-state index contributed by atoms with van der Waals surface area (Å²) in [7, 11) is -2.18. The molecule has 1 aromatic carbocycles. The van der Waals surface area contributed by atoms with Crippen LogP contribution in [-0.2, 0) is 19.0 Å². The first-order valence-corrected chi connectivity index (χ1v) is 6.35. The molecule has 90 valence electrons. The van der Waals surface area contributed by atoms with Gasteiger partial charge in [0.15, 0.2) is 0 Å². The van der Waals surface area contributed by atoms with E-state index in [1.54, 1.807) is 19.1 Å². The van der Waals surface area contributed by atoms with E-state index in [-0.39, 0.29) is 11.5 Å². The number of rotatable bonds is 5. The number of ether oxygens (including phenoxy) is 1. The van der Waals surface area contributed by atoms with Gasteiger partial charge in [-0.2, -0.15) is 8.42 Å². The summed E-state index contributed by atoms with van der Waals surface area (Å²) < 4.78 is 33.3. The molecule has 0 fully saturated rings. The monoisotopic (exact) mass is 244 g/mol. The van der Waals surface area contributed by atoms with Gasteiger partial charge in [-0.05, 0) is 26.0 Å². The molecule has 0 bridgehead atoms. The van der Waals surface area contributed by atoms with Gasteiger partial charge < -0.3 is 4.74 Å². The second-order valence-corrected chi connectivity index (χ2v) is 5.20. The molecule has 5 heteroatoms. The van der Waals surface area contributed by atoms with Crippen molar-refractivity contribution in [3.8, 4) is 0 Å². The van der Waals surface area contributed by atoms with Gasteiger partial charge >= 0.3 is 0 Å². The van der Waals surface area contributed by atoms with Gasteiger partial charge in [0.25, 0.3) is 10.1 Å². The minimum Gasteiger partial charge on any atom is -0.382 e. The smallest absolute Gasteiger partial charge is 0.297 e. The van der Waals surface area contributed by atoms with Gasteiger partial charge in [0.2, 0.25) is 0 Å². The maximum Gasteiger partial charge on any atom is 0.297 e. The van der Waals surface area contributed by atoms with Gasteiger partial charge in [-0.15, -0.1) is 0 Å². The van der Waals surface area contributed by atoms with Crippen LogP contribution in [-0.4, -0.2) is 28.2 Å². The summed E-state index contributed by atoms with van der Waals surface area (Å²) >= 11 is 0. The Morgan fingerprint density at radius 2 is 1.81 bits per heavy atom. The zero-order valence-electron chi connectivity index (χ0n) is 9.64. The fraction of sp³-hybridized carbons (Fsp3) is 0.455. The lowest BCUT2D eigenvalue weighted by Gasteiger charge is -2.11. The topological polar surface area (TPSA) is 52.6 Å². The summed E-state index contributed by atoms with van der Waals surface area (Å²) in [4.78, 5) is 0.168. The van der Waals surface area contributed by atoms with Crippen LogP contribution in [0.5, 0.6) is 0 Å². The van der Waals surface area contributed by atoms with Crippen molar-refractivity contribution in [3.63, 3.8) is 0 Å². The number of hydrogen-bond acceptors (Lipinski definition) is 4. The van der Waals surface area contributed by atoms with Crippen LogP contribution in [0.4, 0.5) is 0 Å². The van der Waals surface area contributed by atoms with Crippen LogP contribution in [0.1, 0.15) is 12.5 Å². The second kappa shape index (κ2) is 5.43. The first-order valence-electron chi connectivity index (χ1n) is 4.94. The summed E-state index contributed by atoms with van der Waals surface area (Å²) in [5.74, 6) is 0. The van der Waals surface area contributed by atoms with Crippen LogP contribution in [0.15, 0.2) is 29.2 Å². The fourth-order valence-electron chi connectivity index (χ4n) is 1.24. The van der Waals surface area contributed by atoms with Crippen molar-refractivity contribution in [3.05, 3.63) is 29.8 Å². The number of hydrogen-bond donors (Lipinski definition) is 0. The summed E-state index contributed by atoms with van der Waals surface area (Å²) in [6.07, 6.45) is -0.490. The van der Waals surface area contributed by atoms with Gasteiger partial charge in [-0.1, -0.05) is 17.7 Å². The average Bonchev–Trinajstić information content (AvgIpc) is 2.17. The standard InChI is InChI=1S/C11H16O4S/c1-9-4-6-11(7-5-9)16(12,13)15-10(2)8-14-3/h4-7,10H,8H2,1-3H3/t10-/m1/s1. The Labute approximate surface area is 96.3 Å². The van der Waals surface area contributed by atoms with Gasteiger partial charge in [-0.3, -0.25) is 4.18 Å². The molecular weight excluding hydrogens is 228 g/mol. The van der Waals surface area contributed by atoms with E-state index in [1.165, 1.54) is 19.2 Å². The van der Waals surface area contributed by atoms with E-state index in [0.717, 1.165) is 5.56 Å². The van der Waals surface area contributed by atoms with Crippen molar-refractivity contribution in [1.29, 1.82) is 0 Å². The summed E-state index contributed by atoms with van der Waals surface area (Å²) in [5.41, 5.74) is 1.00. The van der Waals surface area contributed by atoms with Gasteiger partial charge in [0.1, 0.15) is 0 Å². The molecule has 0 unspecified atom stereocenters. The molecule has 0 saturated heterocycles. The largest absolute Gasteiger partial charge is 0.382 e. The van der Waals surface area contributed by atoms with Crippen molar-refractivity contribution in [2.75, 3.05) is 13.7 Å². The van der Waals surface area contributed by atoms with E-state index in [4.69, 9.17) is 8.92 Å². The lowest BCUT2D eigenvalue weighted by Crippen LogP contribution is -2.19. The number of methoxy groups -OCH3 is 1. The molecule has 0 spiro atoms. The molecule has 0 saturated carbocycles. The van der Waals surface area contributed by atoms with Crippen molar-refractivity contribution >= 4 is 10.1 Å². The normalized spacial score (nSPS) is 13.7. The van der Waals surface area contributed by atoms with Crippen molar-refractivity contribution < 1.29 is 17.3 Å². The molecule has 0 aliphatic rings. The molecule has 4 nitrogen and oxygen atoms in total. The highest BCUT2D eigenvalue weighted by Gasteiger charge is 2.18. The van der Waals surface area contributed by atoms with E-state index in [2.05, 4.69) is 0 Å². The third kappa shape index (κ3) is 3.59. The fourth-order valence-corrected chi connectivity index (χ4v) is 2.31. The first-order chi connectivity index (χ1) is 7.45. The van der Waals surface area contributed by atoms with Crippen LogP contribution >= 0.6 is 0 Å². The van der Waals surface area contributed by atoms with E-state index >= 15 is 0 Å². The highest BCUT2D eigenvalue weighted by molar-refractivity contribution is 7.86. The lowest BCUT2D eigenvalue weighted by molar-refractivity contribution is 0.0962. The Kier molecular flexibility index (Phi) is 4.46. The van der Waals surface area contributed by atoms with Gasteiger partial charge in [0, 0.05) is 7.11 Å². The molecule has 1 rings (SSSR count). The number of aryl methyl sites for hydroxylation is 1. The first kappa shape index (κ1) is 13.2. The minimum absolute atomic E-state index is 0.168. The zero-order chi connectivity index (χ0) is 12.2. The molecule has 1 atom stereocenters. The molecule has 0 N–H and O–H groups in total. The lowest BCUT2D eigenvalue weighted by atomic mass is 10.2. The molecular formula is C11H16O4S. The van der Waals surface area contributed by atoms with E-state index in [0.29, 0.717) is 0 Å². The van der Waals surface area contributed by atoms with Crippen molar-refractivity contribution in [1.82, 2.24) is 0 Å². The molecule has 0 aromatic heterocycles. The van der Waals surface area contributed by atoms with Gasteiger partial charge in [0.05, 0.1) is 17.6 Å². The minimum atomic E-state index is -3.68. The third-order valence-electron chi connectivity index (χ3n) is 2.00. The highest BCUT2D eigenvalue weighted by atomic mass is 32.2. The summed E-state index contributed by atoms with van der Waals surface area (Å²) in [5, 5.41) is 0. The SMILES string of the molecule is COC[C@@H](C)OS(=O)(=O)c1ccc(C)cc1. The Hall–Kier alpha value is -0.910. The molecule has 0 aliphatic heterocycles. The van der Waals surface area contributed by atoms with Crippen LogP contribution in [0.2, 0.25) is 0 Å².